The van der Waals surface area contributed by atoms with Crippen LogP contribution in [0.1, 0.15) is 5.56 Å². The van der Waals surface area contributed by atoms with Crippen LogP contribution in [-0.2, 0) is 16.3 Å². The average Bonchev–Trinajstić information content (AvgIpc) is 2.37. The molecular weight excluding hydrogens is 326 g/mol. The lowest BCUT2D eigenvalue weighted by Crippen LogP contribution is -2.02. The second kappa shape index (κ2) is 5.75. The molecule has 100 valence electrons. The topological polar surface area (TPSA) is 50.2 Å². The third-order valence-corrected chi connectivity index (χ3v) is 4.21. The number of rotatable bonds is 4. The number of hydrogen-bond donors (Lipinski definition) is 1. The molecule has 5 heteroatoms. The summed E-state index contributed by atoms with van der Waals surface area (Å²) in [4.78, 5) is 0.415. The van der Waals surface area contributed by atoms with Crippen LogP contribution in [0, 0.1) is 4.78 Å². The molecule has 19 heavy (non-hydrogen) atoms. The summed E-state index contributed by atoms with van der Waals surface area (Å²) in [5.74, 6) is 0.495. The Kier molecular flexibility index (Phi) is 4.27. The molecule has 1 atom stereocenters. The molecule has 0 aliphatic carbocycles. The van der Waals surface area contributed by atoms with Crippen molar-refractivity contribution in [1.29, 1.82) is 4.78 Å². The molecule has 0 saturated carbocycles. The van der Waals surface area contributed by atoms with E-state index in [0.717, 1.165) is 10.0 Å². The van der Waals surface area contributed by atoms with Gasteiger partial charge in [0.05, 0.1) is 14.6 Å². The van der Waals surface area contributed by atoms with Crippen molar-refractivity contribution in [3.63, 3.8) is 0 Å². The first-order valence-corrected chi connectivity index (χ1v) is 8.43. The van der Waals surface area contributed by atoms with E-state index < -0.39 is 9.73 Å². The van der Waals surface area contributed by atoms with Gasteiger partial charge in [-0.05, 0) is 23.8 Å². The number of ether oxygens (including phenoxy) is 1. The summed E-state index contributed by atoms with van der Waals surface area (Å²) in [6.07, 6.45) is 1.39. The first-order chi connectivity index (χ1) is 8.97. The van der Waals surface area contributed by atoms with E-state index in [1.807, 2.05) is 36.4 Å². The van der Waals surface area contributed by atoms with E-state index in [1.165, 1.54) is 6.26 Å². The second-order valence-electron chi connectivity index (χ2n) is 4.21. The minimum atomic E-state index is -2.82. The minimum absolute atomic E-state index is 0.394. The smallest absolute Gasteiger partial charge is 0.136 e. The maximum absolute atomic E-state index is 11.9. The summed E-state index contributed by atoms with van der Waals surface area (Å²) in [6, 6.07) is 15.0. The Balaban J connectivity index is 2.26. The second-order valence-corrected chi connectivity index (χ2v) is 7.25. The zero-order valence-electron chi connectivity index (χ0n) is 10.4. The van der Waals surface area contributed by atoms with Gasteiger partial charge >= 0.3 is 0 Å². The molecule has 0 saturated heterocycles. The lowest BCUT2D eigenvalue weighted by molar-refractivity contribution is 0.298. The molecule has 0 bridgehead atoms. The van der Waals surface area contributed by atoms with Crippen LogP contribution in [0.2, 0.25) is 0 Å². The van der Waals surface area contributed by atoms with Crippen molar-refractivity contribution >= 4 is 25.7 Å². The molecule has 2 rings (SSSR count). The third kappa shape index (κ3) is 3.81. The first-order valence-electron chi connectivity index (χ1n) is 5.67. The van der Waals surface area contributed by atoms with Gasteiger partial charge in [-0.2, -0.15) is 0 Å². The van der Waals surface area contributed by atoms with Crippen LogP contribution in [-0.4, -0.2) is 10.5 Å². The maximum Gasteiger partial charge on any atom is 0.136 e. The van der Waals surface area contributed by atoms with Crippen LogP contribution in [0.25, 0.3) is 0 Å². The molecule has 0 fully saturated rings. The predicted molar refractivity (Wildman–Crippen MR) is 80.0 cm³/mol. The van der Waals surface area contributed by atoms with Crippen LogP contribution in [0.5, 0.6) is 5.75 Å². The van der Waals surface area contributed by atoms with E-state index in [-0.39, 0.29) is 0 Å². The van der Waals surface area contributed by atoms with Crippen LogP contribution in [0.15, 0.2) is 57.9 Å². The Labute approximate surface area is 121 Å². The number of nitrogens with one attached hydrogen (secondary N) is 1. The highest BCUT2D eigenvalue weighted by molar-refractivity contribution is 9.10. The molecular formula is C14H14BrNO2S. The molecule has 1 unspecified atom stereocenters. The standard InChI is InChI=1S/C14H14BrNO2S/c1-19(16,17)14-9-12(15)7-8-13(14)18-10-11-5-3-2-4-6-11/h2-9,16H,10H2,1H3. The maximum atomic E-state index is 11.9. The Morgan fingerprint density at radius 1 is 1.21 bits per heavy atom. The van der Waals surface area contributed by atoms with E-state index >= 15 is 0 Å². The van der Waals surface area contributed by atoms with Crippen molar-refractivity contribution in [3.8, 4) is 5.75 Å². The van der Waals surface area contributed by atoms with Gasteiger partial charge < -0.3 is 4.74 Å². The molecule has 0 amide bonds. The zero-order chi connectivity index (χ0) is 13.9. The van der Waals surface area contributed by atoms with E-state index in [1.54, 1.807) is 12.1 Å². The largest absolute Gasteiger partial charge is 0.488 e. The highest BCUT2D eigenvalue weighted by atomic mass is 79.9. The predicted octanol–water partition coefficient (Wildman–Crippen LogP) is 4.06. The van der Waals surface area contributed by atoms with E-state index in [2.05, 4.69) is 15.9 Å². The lowest BCUT2D eigenvalue weighted by Gasteiger charge is -2.12. The van der Waals surface area contributed by atoms with Gasteiger partial charge in [-0.1, -0.05) is 46.3 Å². The van der Waals surface area contributed by atoms with Crippen LogP contribution < -0.4 is 4.74 Å². The molecule has 0 spiro atoms. The fourth-order valence-electron chi connectivity index (χ4n) is 1.64. The van der Waals surface area contributed by atoms with Gasteiger partial charge in [-0.25, -0.2) is 8.99 Å². The van der Waals surface area contributed by atoms with Crippen LogP contribution >= 0.6 is 15.9 Å². The van der Waals surface area contributed by atoms with Crippen LogP contribution in [0.3, 0.4) is 0 Å². The Morgan fingerprint density at radius 2 is 1.89 bits per heavy atom. The van der Waals surface area contributed by atoms with Crippen molar-refractivity contribution in [2.24, 2.45) is 0 Å². The van der Waals surface area contributed by atoms with Crippen LogP contribution in [0.4, 0.5) is 0 Å². The van der Waals surface area contributed by atoms with Gasteiger partial charge in [0.15, 0.2) is 0 Å². The summed E-state index contributed by atoms with van der Waals surface area (Å²) >= 11 is 3.32. The van der Waals surface area contributed by atoms with Crippen molar-refractivity contribution in [2.45, 2.75) is 11.5 Å². The van der Waals surface area contributed by atoms with Gasteiger partial charge in [0.1, 0.15) is 12.4 Å². The molecule has 0 aromatic heterocycles. The molecule has 0 aliphatic heterocycles. The highest BCUT2D eigenvalue weighted by Gasteiger charge is 2.12. The molecule has 0 radical (unpaired) electrons. The lowest BCUT2D eigenvalue weighted by atomic mass is 10.2. The molecule has 2 aromatic carbocycles. The summed E-state index contributed by atoms with van der Waals surface area (Å²) in [5.41, 5.74) is 1.03. The highest BCUT2D eigenvalue weighted by Crippen LogP contribution is 2.28. The first kappa shape index (κ1) is 14.1. The van der Waals surface area contributed by atoms with Gasteiger partial charge in [0.2, 0.25) is 0 Å². The molecule has 0 aliphatic rings. The van der Waals surface area contributed by atoms with Crippen molar-refractivity contribution in [1.82, 2.24) is 0 Å². The number of halogens is 1. The molecule has 0 heterocycles. The van der Waals surface area contributed by atoms with E-state index in [4.69, 9.17) is 9.52 Å². The Bertz CT molecular complexity index is 669. The van der Waals surface area contributed by atoms with Gasteiger partial charge in [-0.3, -0.25) is 0 Å². The summed E-state index contributed by atoms with van der Waals surface area (Å²) in [6.45, 7) is 0.394. The van der Waals surface area contributed by atoms with Crippen molar-refractivity contribution in [2.75, 3.05) is 6.26 Å². The van der Waals surface area contributed by atoms with Gasteiger partial charge in [-0.15, -0.1) is 0 Å². The van der Waals surface area contributed by atoms with E-state index in [0.29, 0.717) is 17.3 Å². The summed E-state index contributed by atoms with van der Waals surface area (Å²) in [5, 5.41) is 0. The van der Waals surface area contributed by atoms with E-state index in [9.17, 15) is 4.21 Å². The van der Waals surface area contributed by atoms with Gasteiger partial charge in [0, 0.05) is 10.7 Å². The summed E-state index contributed by atoms with van der Waals surface area (Å²) < 4.78 is 26.1. The zero-order valence-corrected chi connectivity index (χ0v) is 12.8. The summed E-state index contributed by atoms with van der Waals surface area (Å²) in [7, 11) is -2.82. The Morgan fingerprint density at radius 3 is 2.53 bits per heavy atom. The monoisotopic (exact) mass is 339 g/mol. The SMILES string of the molecule is CS(=N)(=O)c1cc(Br)ccc1OCc1ccccc1. The molecule has 1 N–H and O–H groups in total. The third-order valence-electron chi connectivity index (χ3n) is 2.56. The average molecular weight is 340 g/mol. The Hall–Kier alpha value is -1.33. The normalized spacial score (nSPS) is 13.8. The minimum Gasteiger partial charge on any atom is -0.488 e. The molecule has 3 nitrogen and oxygen atoms in total. The fraction of sp³-hybridized carbons (Fsp3) is 0.143. The van der Waals surface area contributed by atoms with Crippen molar-refractivity contribution < 1.29 is 8.95 Å². The molecule has 2 aromatic rings. The van der Waals surface area contributed by atoms with Crippen molar-refractivity contribution in [3.05, 3.63) is 58.6 Å². The fourth-order valence-corrected chi connectivity index (χ4v) is 3.02. The number of hydrogen-bond acceptors (Lipinski definition) is 3. The number of benzene rings is 2. The quantitative estimate of drug-likeness (QED) is 0.912. The van der Waals surface area contributed by atoms with Gasteiger partial charge in [0.25, 0.3) is 0 Å².